The van der Waals surface area contributed by atoms with Crippen molar-refractivity contribution in [3.63, 3.8) is 0 Å². The summed E-state index contributed by atoms with van der Waals surface area (Å²) in [6, 6.07) is 9.34. The van der Waals surface area contributed by atoms with E-state index in [2.05, 4.69) is 10.2 Å². The van der Waals surface area contributed by atoms with E-state index in [1.807, 2.05) is 16.8 Å². The van der Waals surface area contributed by atoms with Crippen LogP contribution in [0.4, 0.5) is 4.39 Å². The molecule has 22 heavy (non-hydrogen) atoms. The predicted octanol–water partition coefficient (Wildman–Crippen LogP) is 3.45. The summed E-state index contributed by atoms with van der Waals surface area (Å²) < 4.78 is 14.7. The third-order valence-corrected chi connectivity index (χ3v) is 3.93. The maximum atomic E-state index is 12.9. The van der Waals surface area contributed by atoms with Crippen LogP contribution in [-0.4, -0.2) is 20.5 Å². The van der Waals surface area contributed by atoms with Crippen molar-refractivity contribution in [1.82, 2.24) is 14.8 Å². The predicted molar refractivity (Wildman–Crippen MR) is 79.7 cm³/mol. The molecule has 1 aromatic carbocycles. The summed E-state index contributed by atoms with van der Waals surface area (Å²) >= 11 is 0. The van der Waals surface area contributed by atoms with Gasteiger partial charge in [-0.3, -0.25) is 9.89 Å². The number of nitrogens with one attached hydrogen (secondary N) is 1. The van der Waals surface area contributed by atoms with Crippen molar-refractivity contribution in [3.8, 4) is 5.82 Å². The molecule has 0 saturated heterocycles. The van der Waals surface area contributed by atoms with Crippen LogP contribution in [0.15, 0.2) is 48.8 Å². The average molecular weight is 295 g/mol. The number of hydrogen-bond acceptors (Lipinski definition) is 2. The van der Waals surface area contributed by atoms with E-state index in [1.165, 1.54) is 37.1 Å². The topological polar surface area (TPSA) is 50.7 Å². The summed E-state index contributed by atoms with van der Waals surface area (Å²) in [5.74, 6) is 0.909. The SMILES string of the molecule is O=C(c1ccc(F)cc1)c1ccn(-c2cc(C3CC3)[nH]n2)c1. The molecule has 0 radical (unpaired) electrons. The van der Waals surface area contributed by atoms with Gasteiger partial charge in [-0.25, -0.2) is 4.39 Å². The second-order valence-corrected chi connectivity index (χ2v) is 5.60. The van der Waals surface area contributed by atoms with Crippen molar-refractivity contribution < 1.29 is 9.18 Å². The number of ketones is 1. The van der Waals surface area contributed by atoms with Crippen LogP contribution in [0.25, 0.3) is 5.82 Å². The highest BCUT2D eigenvalue weighted by Crippen LogP contribution is 2.39. The molecule has 2 aromatic heterocycles. The molecule has 1 fully saturated rings. The Balaban J connectivity index is 1.59. The first-order valence-corrected chi connectivity index (χ1v) is 7.24. The highest BCUT2D eigenvalue weighted by Gasteiger charge is 2.25. The van der Waals surface area contributed by atoms with Gasteiger partial charge < -0.3 is 4.57 Å². The van der Waals surface area contributed by atoms with Gasteiger partial charge in [0.05, 0.1) is 0 Å². The summed E-state index contributed by atoms with van der Waals surface area (Å²) in [6.45, 7) is 0. The maximum Gasteiger partial charge on any atom is 0.194 e. The first-order valence-electron chi connectivity index (χ1n) is 7.24. The van der Waals surface area contributed by atoms with Gasteiger partial charge in [0.15, 0.2) is 11.6 Å². The minimum Gasteiger partial charge on any atom is -0.306 e. The first-order chi connectivity index (χ1) is 10.7. The van der Waals surface area contributed by atoms with Crippen LogP contribution in [0.5, 0.6) is 0 Å². The number of hydrogen-bond donors (Lipinski definition) is 1. The summed E-state index contributed by atoms with van der Waals surface area (Å²) in [5, 5.41) is 7.33. The van der Waals surface area contributed by atoms with Crippen LogP contribution < -0.4 is 0 Å². The summed E-state index contributed by atoms with van der Waals surface area (Å²) in [7, 11) is 0. The van der Waals surface area contributed by atoms with E-state index >= 15 is 0 Å². The zero-order chi connectivity index (χ0) is 15.1. The van der Waals surface area contributed by atoms with Gasteiger partial charge in [0.1, 0.15) is 5.82 Å². The molecule has 0 spiro atoms. The Kier molecular flexibility index (Phi) is 2.92. The molecule has 110 valence electrons. The number of nitrogens with zero attached hydrogens (tertiary/aromatic N) is 2. The maximum absolute atomic E-state index is 12.9. The van der Waals surface area contributed by atoms with E-state index in [1.54, 1.807) is 12.3 Å². The van der Waals surface area contributed by atoms with Gasteiger partial charge in [0, 0.05) is 41.2 Å². The van der Waals surface area contributed by atoms with Crippen molar-refractivity contribution in [2.24, 2.45) is 0 Å². The van der Waals surface area contributed by atoms with E-state index in [0.29, 0.717) is 17.0 Å². The van der Waals surface area contributed by atoms with Gasteiger partial charge in [-0.2, -0.15) is 5.10 Å². The Hall–Kier alpha value is -2.69. The van der Waals surface area contributed by atoms with Crippen molar-refractivity contribution in [2.45, 2.75) is 18.8 Å². The van der Waals surface area contributed by atoms with E-state index in [0.717, 1.165) is 11.5 Å². The smallest absolute Gasteiger partial charge is 0.194 e. The van der Waals surface area contributed by atoms with Crippen LogP contribution in [0.1, 0.15) is 40.4 Å². The van der Waals surface area contributed by atoms with Crippen LogP contribution in [0, 0.1) is 5.82 Å². The van der Waals surface area contributed by atoms with E-state index < -0.39 is 0 Å². The van der Waals surface area contributed by atoms with Crippen LogP contribution in [-0.2, 0) is 0 Å². The Morgan fingerprint density at radius 3 is 2.68 bits per heavy atom. The molecule has 1 aliphatic carbocycles. The molecule has 2 heterocycles. The Morgan fingerprint density at radius 1 is 1.18 bits per heavy atom. The quantitative estimate of drug-likeness (QED) is 0.749. The fourth-order valence-electron chi connectivity index (χ4n) is 2.50. The summed E-state index contributed by atoms with van der Waals surface area (Å²) in [6.07, 6.45) is 5.98. The van der Waals surface area contributed by atoms with Crippen molar-refractivity contribution in [2.75, 3.05) is 0 Å². The molecule has 0 amide bonds. The lowest BCUT2D eigenvalue weighted by atomic mass is 10.1. The number of rotatable bonds is 4. The first kappa shape index (κ1) is 13.0. The molecule has 1 saturated carbocycles. The minimum atomic E-state index is -0.349. The number of benzene rings is 1. The van der Waals surface area contributed by atoms with Crippen LogP contribution >= 0.6 is 0 Å². The number of halogens is 1. The highest BCUT2D eigenvalue weighted by molar-refractivity contribution is 6.08. The molecule has 0 atom stereocenters. The standard InChI is InChI=1S/C17H14FN3O/c18-14-5-3-12(4-6-14)17(22)13-7-8-21(10-13)16-9-15(19-20-16)11-1-2-11/h3-11H,1-2H2,(H,19,20). The molecule has 3 aromatic rings. The molecular weight excluding hydrogens is 281 g/mol. The van der Waals surface area contributed by atoms with Gasteiger partial charge in [-0.05, 0) is 43.2 Å². The lowest BCUT2D eigenvalue weighted by Crippen LogP contribution is -2.00. The average Bonchev–Trinajstić information content (AvgIpc) is 3.07. The van der Waals surface area contributed by atoms with E-state index in [-0.39, 0.29) is 11.6 Å². The molecule has 0 unspecified atom stereocenters. The fourth-order valence-corrected chi connectivity index (χ4v) is 2.50. The third kappa shape index (κ3) is 2.35. The molecule has 4 nitrogen and oxygen atoms in total. The monoisotopic (exact) mass is 295 g/mol. The van der Waals surface area contributed by atoms with Crippen molar-refractivity contribution >= 4 is 5.78 Å². The minimum absolute atomic E-state index is 0.128. The number of carbonyl (C=O) groups is 1. The van der Waals surface area contributed by atoms with Gasteiger partial charge in [-0.15, -0.1) is 0 Å². The zero-order valence-electron chi connectivity index (χ0n) is 11.8. The Bertz CT molecular complexity index is 828. The fraction of sp³-hybridized carbons (Fsp3) is 0.176. The van der Waals surface area contributed by atoms with Gasteiger partial charge in [-0.1, -0.05) is 0 Å². The van der Waals surface area contributed by atoms with Gasteiger partial charge in [0.2, 0.25) is 0 Å². The number of aromatic nitrogens is 3. The highest BCUT2D eigenvalue weighted by atomic mass is 19.1. The molecule has 1 N–H and O–H groups in total. The second kappa shape index (κ2) is 4.94. The molecule has 0 bridgehead atoms. The molecule has 4 rings (SSSR count). The molecular formula is C17H14FN3O. The normalized spacial score (nSPS) is 14.2. The number of carbonyl (C=O) groups excluding carboxylic acids is 1. The van der Waals surface area contributed by atoms with Crippen LogP contribution in [0.2, 0.25) is 0 Å². The Labute approximate surface area is 126 Å². The van der Waals surface area contributed by atoms with Crippen LogP contribution in [0.3, 0.4) is 0 Å². The van der Waals surface area contributed by atoms with Crippen molar-refractivity contribution in [1.29, 1.82) is 0 Å². The van der Waals surface area contributed by atoms with E-state index in [9.17, 15) is 9.18 Å². The zero-order valence-corrected chi connectivity index (χ0v) is 11.8. The lowest BCUT2D eigenvalue weighted by Gasteiger charge is -1.98. The number of H-pyrrole nitrogens is 1. The number of aromatic amines is 1. The summed E-state index contributed by atoms with van der Waals surface area (Å²) in [4.78, 5) is 12.4. The second-order valence-electron chi connectivity index (χ2n) is 5.60. The van der Waals surface area contributed by atoms with Gasteiger partial charge in [0.25, 0.3) is 0 Å². The molecule has 1 aliphatic rings. The largest absolute Gasteiger partial charge is 0.306 e. The summed E-state index contributed by atoms with van der Waals surface area (Å²) in [5.41, 5.74) is 2.18. The lowest BCUT2D eigenvalue weighted by molar-refractivity contribution is 0.103. The third-order valence-electron chi connectivity index (χ3n) is 3.93. The van der Waals surface area contributed by atoms with E-state index in [4.69, 9.17) is 0 Å². The Morgan fingerprint density at radius 2 is 1.95 bits per heavy atom. The molecule has 0 aliphatic heterocycles. The van der Waals surface area contributed by atoms with Crippen molar-refractivity contribution in [3.05, 3.63) is 71.4 Å². The van der Waals surface area contributed by atoms with Gasteiger partial charge >= 0.3 is 0 Å². The molecule has 5 heteroatoms.